The minimum absolute atomic E-state index is 0.304. The van der Waals surface area contributed by atoms with Gasteiger partial charge in [0, 0.05) is 40.6 Å². The predicted molar refractivity (Wildman–Crippen MR) is 74.5 cm³/mol. The molecule has 2 aromatic rings. The molecule has 3 heteroatoms. The molecule has 3 nitrogen and oxygen atoms in total. The zero-order valence-corrected chi connectivity index (χ0v) is 11.2. The van der Waals surface area contributed by atoms with Crippen LogP contribution in [0.3, 0.4) is 0 Å². The van der Waals surface area contributed by atoms with E-state index in [1.165, 1.54) is 28.2 Å². The van der Waals surface area contributed by atoms with Crippen LogP contribution >= 0.6 is 0 Å². The number of fused-ring (bicyclic) bond motifs is 3. The summed E-state index contributed by atoms with van der Waals surface area (Å²) >= 11 is 0. The summed E-state index contributed by atoms with van der Waals surface area (Å²) < 4.78 is 0. The minimum atomic E-state index is 0.304. The number of nitrogens with zero attached hydrogens (tertiary/aromatic N) is 1. The van der Waals surface area contributed by atoms with E-state index in [0.717, 1.165) is 13.0 Å². The van der Waals surface area contributed by atoms with Crippen molar-refractivity contribution >= 4 is 5.69 Å². The van der Waals surface area contributed by atoms with Gasteiger partial charge in [0.15, 0.2) is 0 Å². The number of hydrogen-bond donors (Lipinski definition) is 2. The Balaban J connectivity index is 2.02. The molecule has 0 aromatic carbocycles. The summed E-state index contributed by atoms with van der Waals surface area (Å²) in [4.78, 5) is 7.77. The Labute approximate surface area is 108 Å². The third-order valence-electron chi connectivity index (χ3n) is 3.24. The molecule has 0 bridgehead atoms. The van der Waals surface area contributed by atoms with Gasteiger partial charge in [0.05, 0.1) is 6.54 Å². The molecule has 2 N–H and O–H groups in total. The van der Waals surface area contributed by atoms with Crippen LogP contribution in [0.5, 0.6) is 0 Å². The van der Waals surface area contributed by atoms with Crippen molar-refractivity contribution in [1.82, 2.24) is 9.97 Å². The smallest absolute Gasteiger partial charge is 0.0557 e. The van der Waals surface area contributed by atoms with Gasteiger partial charge in [-0.15, -0.1) is 0 Å². The number of H-pyrrole nitrogens is 1. The summed E-state index contributed by atoms with van der Waals surface area (Å²) in [5.74, 6) is 0. The SMILES string of the molecule is CC(C)(C)Cc1cc2c([nH]1)CNc1ccncc1-2. The van der Waals surface area contributed by atoms with Crippen LogP contribution in [0.25, 0.3) is 11.1 Å². The van der Waals surface area contributed by atoms with Gasteiger partial charge in [-0.3, -0.25) is 4.98 Å². The van der Waals surface area contributed by atoms with Crippen molar-refractivity contribution in [1.29, 1.82) is 0 Å². The van der Waals surface area contributed by atoms with Crippen molar-refractivity contribution in [3.8, 4) is 11.1 Å². The summed E-state index contributed by atoms with van der Waals surface area (Å²) in [5, 5.41) is 3.42. The number of aromatic nitrogens is 2. The predicted octanol–water partition coefficient (Wildman–Crippen LogP) is 3.59. The maximum atomic E-state index is 4.23. The van der Waals surface area contributed by atoms with E-state index >= 15 is 0 Å². The zero-order chi connectivity index (χ0) is 12.8. The maximum Gasteiger partial charge on any atom is 0.0557 e. The lowest BCUT2D eigenvalue weighted by molar-refractivity contribution is 0.407. The fourth-order valence-corrected chi connectivity index (χ4v) is 2.55. The fraction of sp³-hybridized carbons (Fsp3) is 0.400. The molecule has 94 valence electrons. The highest BCUT2D eigenvalue weighted by Crippen LogP contribution is 2.36. The monoisotopic (exact) mass is 241 g/mol. The van der Waals surface area contributed by atoms with Gasteiger partial charge >= 0.3 is 0 Å². The van der Waals surface area contributed by atoms with Crippen LogP contribution in [-0.2, 0) is 13.0 Å². The zero-order valence-electron chi connectivity index (χ0n) is 11.2. The summed E-state index contributed by atoms with van der Waals surface area (Å²) in [6.07, 6.45) is 4.84. The highest BCUT2D eigenvalue weighted by Gasteiger charge is 2.20. The van der Waals surface area contributed by atoms with Gasteiger partial charge in [0.2, 0.25) is 0 Å². The van der Waals surface area contributed by atoms with Crippen LogP contribution in [0.4, 0.5) is 5.69 Å². The number of nitrogens with one attached hydrogen (secondary N) is 2. The van der Waals surface area contributed by atoms with Gasteiger partial charge in [-0.05, 0) is 24.0 Å². The van der Waals surface area contributed by atoms with Gasteiger partial charge in [-0.1, -0.05) is 20.8 Å². The Morgan fingerprint density at radius 3 is 2.89 bits per heavy atom. The first-order valence-corrected chi connectivity index (χ1v) is 6.42. The van der Waals surface area contributed by atoms with Crippen LogP contribution in [-0.4, -0.2) is 9.97 Å². The second-order valence-corrected chi connectivity index (χ2v) is 6.20. The second kappa shape index (κ2) is 3.87. The number of anilines is 1. The van der Waals surface area contributed by atoms with E-state index in [2.05, 4.69) is 42.1 Å². The van der Waals surface area contributed by atoms with Gasteiger partial charge in [-0.2, -0.15) is 0 Å². The third kappa shape index (κ3) is 2.01. The molecular weight excluding hydrogens is 222 g/mol. The molecule has 0 radical (unpaired) electrons. The molecule has 0 saturated carbocycles. The maximum absolute atomic E-state index is 4.23. The molecule has 3 heterocycles. The highest BCUT2D eigenvalue weighted by molar-refractivity contribution is 5.81. The number of aromatic amines is 1. The quantitative estimate of drug-likeness (QED) is 0.801. The summed E-state index contributed by atoms with van der Waals surface area (Å²) in [5.41, 5.74) is 6.57. The molecule has 0 atom stereocenters. The molecule has 2 aromatic heterocycles. The van der Waals surface area contributed by atoms with Gasteiger partial charge < -0.3 is 10.3 Å². The van der Waals surface area contributed by atoms with E-state index in [9.17, 15) is 0 Å². The molecular formula is C15H19N3. The van der Waals surface area contributed by atoms with E-state index in [1.54, 1.807) is 0 Å². The Bertz CT molecular complexity index is 576. The van der Waals surface area contributed by atoms with E-state index in [1.807, 2.05) is 18.5 Å². The Kier molecular flexibility index (Phi) is 2.44. The molecule has 1 aliphatic heterocycles. The molecule has 0 unspecified atom stereocenters. The van der Waals surface area contributed by atoms with E-state index in [4.69, 9.17) is 0 Å². The lowest BCUT2D eigenvalue weighted by atomic mass is 9.90. The molecule has 3 rings (SSSR count). The highest BCUT2D eigenvalue weighted by atomic mass is 14.9. The molecule has 0 spiro atoms. The molecule has 0 fully saturated rings. The Hall–Kier alpha value is -1.77. The van der Waals surface area contributed by atoms with Crippen LogP contribution < -0.4 is 5.32 Å². The first-order chi connectivity index (χ1) is 8.53. The first-order valence-electron chi connectivity index (χ1n) is 6.42. The van der Waals surface area contributed by atoms with Crippen LogP contribution in [0.2, 0.25) is 0 Å². The summed E-state index contributed by atoms with van der Waals surface area (Å²) in [6.45, 7) is 7.66. The van der Waals surface area contributed by atoms with Gasteiger partial charge in [0.1, 0.15) is 0 Å². The largest absolute Gasteiger partial charge is 0.379 e. The van der Waals surface area contributed by atoms with Crippen LogP contribution in [0.15, 0.2) is 24.5 Å². The van der Waals surface area contributed by atoms with E-state index in [-0.39, 0.29) is 0 Å². The number of pyridine rings is 1. The normalized spacial score (nSPS) is 13.7. The average molecular weight is 241 g/mol. The van der Waals surface area contributed by atoms with Crippen LogP contribution in [0.1, 0.15) is 32.2 Å². The van der Waals surface area contributed by atoms with Gasteiger partial charge in [-0.25, -0.2) is 0 Å². The van der Waals surface area contributed by atoms with Crippen LogP contribution in [0, 0.1) is 5.41 Å². The molecule has 0 amide bonds. The lowest BCUT2D eigenvalue weighted by Crippen LogP contribution is -2.10. The molecule has 0 aliphatic carbocycles. The topological polar surface area (TPSA) is 40.7 Å². The third-order valence-corrected chi connectivity index (χ3v) is 3.24. The van der Waals surface area contributed by atoms with Crippen molar-refractivity contribution in [3.05, 3.63) is 35.9 Å². The second-order valence-electron chi connectivity index (χ2n) is 6.20. The lowest BCUT2D eigenvalue weighted by Gasteiger charge is -2.17. The Morgan fingerprint density at radius 1 is 1.28 bits per heavy atom. The van der Waals surface area contributed by atoms with Gasteiger partial charge in [0.25, 0.3) is 0 Å². The van der Waals surface area contributed by atoms with E-state index < -0.39 is 0 Å². The number of hydrogen-bond acceptors (Lipinski definition) is 2. The average Bonchev–Trinajstić information content (AvgIpc) is 2.69. The van der Waals surface area contributed by atoms with Crippen molar-refractivity contribution < 1.29 is 0 Å². The summed E-state index contributed by atoms with van der Waals surface area (Å²) in [6, 6.07) is 4.32. The van der Waals surface area contributed by atoms with Crippen molar-refractivity contribution in [2.45, 2.75) is 33.7 Å². The van der Waals surface area contributed by atoms with Crippen molar-refractivity contribution in [3.63, 3.8) is 0 Å². The molecule has 0 saturated heterocycles. The molecule has 18 heavy (non-hydrogen) atoms. The molecule has 1 aliphatic rings. The first kappa shape index (κ1) is 11.3. The van der Waals surface area contributed by atoms with Crippen molar-refractivity contribution in [2.24, 2.45) is 5.41 Å². The van der Waals surface area contributed by atoms with Crippen molar-refractivity contribution in [2.75, 3.05) is 5.32 Å². The standard InChI is InChI=1S/C15H19N3/c1-15(2,3)7-10-6-11-12-8-16-5-4-13(12)17-9-14(11)18-10/h4-6,8,17-18H,7,9H2,1-3H3. The number of rotatable bonds is 1. The summed E-state index contributed by atoms with van der Waals surface area (Å²) in [7, 11) is 0. The van der Waals surface area contributed by atoms with E-state index in [0.29, 0.717) is 5.41 Å². The Morgan fingerprint density at radius 2 is 2.11 bits per heavy atom. The minimum Gasteiger partial charge on any atom is -0.379 e. The fourth-order valence-electron chi connectivity index (χ4n) is 2.55.